The fourth-order valence-electron chi connectivity index (χ4n) is 1.27. The first kappa shape index (κ1) is 13.4. The molecule has 1 aromatic carbocycles. The minimum Gasteiger partial charge on any atom is -0.271 e. The van der Waals surface area contributed by atoms with Crippen LogP contribution < -0.4 is 11.3 Å². The number of benzene rings is 1. The van der Waals surface area contributed by atoms with E-state index in [-0.39, 0.29) is 5.56 Å². The maximum atomic E-state index is 13.3. The molecule has 3 N–H and O–H groups in total. The van der Waals surface area contributed by atoms with Gasteiger partial charge in [-0.15, -0.1) is 0 Å². The molecule has 2 nitrogen and oxygen atoms in total. The molecule has 1 unspecified atom stereocenters. The van der Waals surface area contributed by atoms with Crippen molar-refractivity contribution in [2.24, 2.45) is 5.84 Å². The number of nitrogens with one attached hydrogen (secondary N) is 1. The average molecular weight is 301 g/mol. The molecule has 0 aromatic heterocycles. The van der Waals surface area contributed by atoms with Crippen LogP contribution in [0, 0.1) is 5.82 Å². The topological polar surface area (TPSA) is 38.0 Å². The van der Waals surface area contributed by atoms with Crippen LogP contribution in [0.25, 0.3) is 0 Å². The van der Waals surface area contributed by atoms with Crippen molar-refractivity contribution >= 4 is 15.9 Å². The summed E-state index contributed by atoms with van der Waals surface area (Å²) in [5.41, 5.74) is 1.85. The number of rotatable bonds is 3. The summed E-state index contributed by atoms with van der Waals surface area (Å²) < 4.78 is 50.3. The predicted molar refractivity (Wildman–Crippen MR) is 54.8 cm³/mol. The first-order chi connectivity index (χ1) is 7.33. The molecule has 0 saturated carbocycles. The van der Waals surface area contributed by atoms with Crippen LogP contribution in [0.1, 0.15) is 18.0 Å². The summed E-state index contributed by atoms with van der Waals surface area (Å²) in [4.78, 5) is 0. The van der Waals surface area contributed by atoms with Crippen molar-refractivity contribution in [2.45, 2.75) is 18.6 Å². The summed E-state index contributed by atoms with van der Waals surface area (Å²) in [6.07, 6.45) is -5.64. The highest BCUT2D eigenvalue weighted by molar-refractivity contribution is 9.10. The summed E-state index contributed by atoms with van der Waals surface area (Å²) >= 11 is 3.06. The smallest absolute Gasteiger partial charge is 0.271 e. The van der Waals surface area contributed by atoms with Gasteiger partial charge in [0.05, 0.1) is 12.5 Å². The van der Waals surface area contributed by atoms with E-state index in [9.17, 15) is 17.6 Å². The Morgan fingerprint density at radius 3 is 2.50 bits per heavy atom. The van der Waals surface area contributed by atoms with Crippen molar-refractivity contribution in [3.8, 4) is 0 Å². The normalized spacial score (nSPS) is 13.9. The SMILES string of the molecule is NNC(CC(F)(F)F)c1cc(Br)ccc1F. The van der Waals surface area contributed by atoms with Crippen molar-refractivity contribution < 1.29 is 17.6 Å². The molecule has 0 saturated heterocycles. The van der Waals surface area contributed by atoms with E-state index in [4.69, 9.17) is 5.84 Å². The quantitative estimate of drug-likeness (QED) is 0.511. The highest BCUT2D eigenvalue weighted by Gasteiger charge is 2.33. The minimum absolute atomic E-state index is 0.116. The van der Waals surface area contributed by atoms with Crippen LogP contribution in [0.5, 0.6) is 0 Å². The largest absolute Gasteiger partial charge is 0.390 e. The first-order valence-electron chi connectivity index (χ1n) is 4.31. The molecular weight excluding hydrogens is 292 g/mol. The lowest BCUT2D eigenvalue weighted by atomic mass is 10.0. The van der Waals surface area contributed by atoms with Gasteiger partial charge in [-0.2, -0.15) is 13.2 Å². The van der Waals surface area contributed by atoms with Gasteiger partial charge in [-0.3, -0.25) is 11.3 Å². The Bertz CT molecular complexity index is 367. The lowest BCUT2D eigenvalue weighted by Gasteiger charge is -2.18. The van der Waals surface area contributed by atoms with Crippen LogP contribution in [0.2, 0.25) is 0 Å². The highest BCUT2D eigenvalue weighted by Crippen LogP contribution is 2.31. The minimum atomic E-state index is -4.41. The van der Waals surface area contributed by atoms with Gasteiger partial charge in [0.25, 0.3) is 0 Å². The van der Waals surface area contributed by atoms with Gasteiger partial charge in [0.1, 0.15) is 5.82 Å². The zero-order chi connectivity index (χ0) is 12.3. The molecule has 0 bridgehead atoms. The van der Waals surface area contributed by atoms with Gasteiger partial charge < -0.3 is 0 Å². The predicted octanol–water partition coefficient (Wildman–Crippen LogP) is 3.05. The Kier molecular flexibility index (Phi) is 4.28. The molecule has 0 aliphatic carbocycles. The summed E-state index contributed by atoms with van der Waals surface area (Å²) in [5.74, 6) is 4.27. The van der Waals surface area contributed by atoms with E-state index >= 15 is 0 Å². The number of hydrogen-bond donors (Lipinski definition) is 2. The van der Waals surface area contributed by atoms with Gasteiger partial charge in [0.15, 0.2) is 0 Å². The van der Waals surface area contributed by atoms with Gasteiger partial charge in [-0.25, -0.2) is 4.39 Å². The van der Waals surface area contributed by atoms with Crippen LogP contribution in [-0.4, -0.2) is 6.18 Å². The number of halogens is 5. The first-order valence-corrected chi connectivity index (χ1v) is 5.10. The van der Waals surface area contributed by atoms with Gasteiger partial charge in [-0.1, -0.05) is 15.9 Å². The highest BCUT2D eigenvalue weighted by atomic mass is 79.9. The van der Waals surface area contributed by atoms with Gasteiger partial charge in [-0.05, 0) is 18.2 Å². The Morgan fingerprint density at radius 2 is 2.00 bits per heavy atom. The molecule has 1 rings (SSSR count). The van der Waals surface area contributed by atoms with Crippen LogP contribution in [-0.2, 0) is 0 Å². The van der Waals surface area contributed by atoms with E-state index in [0.29, 0.717) is 4.47 Å². The lowest BCUT2D eigenvalue weighted by molar-refractivity contribution is -0.140. The van der Waals surface area contributed by atoms with E-state index in [1.807, 2.05) is 5.43 Å². The molecule has 0 spiro atoms. The fraction of sp³-hybridized carbons (Fsp3) is 0.333. The third-order valence-corrected chi connectivity index (χ3v) is 2.46. The average Bonchev–Trinajstić information content (AvgIpc) is 2.17. The number of hydrogen-bond acceptors (Lipinski definition) is 2. The number of alkyl halides is 3. The Hall–Kier alpha value is -0.660. The summed E-state index contributed by atoms with van der Waals surface area (Å²) in [7, 11) is 0. The molecule has 90 valence electrons. The second-order valence-electron chi connectivity index (χ2n) is 3.20. The third-order valence-electron chi connectivity index (χ3n) is 1.97. The van der Waals surface area contributed by atoms with Gasteiger partial charge in [0, 0.05) is 10.0 Å². The summed E-state index contributed by atoms with van der Waals surface area (Å²) in [6, 6.07) is 2.46. The molecule has 0 aliphatic heterocycles. The maximum Gasteiger partial charge on any atom is 0.390 e. The second kappa shape index (κ2) is 5.11. The monoisotopic (exact) mass is 300 g/mol. The van der Waals surface area contributed by atoms with Crippen LogP contribution in [0.15, 0.2) is 22.7 Å². The van der Waals surface area contributed by atoms with Crippen molar-refractivity contribution in [1.29, 1.82) is 0 Å². The lowest BCUT2D eigenvalue weighted by Crippen LogP contribution is -2.32. The van der Waals surface area contributed by atoms with Crippen molar-refractivity contribution in [3.63, 3.8) is 0 Å². The Balaban J connectivity index is 2.99. The van der Waals surface area contributed by atoms with E-state index in [2.05, 4.69) is 15.9 Å². The maximum absolute atomic E-state index is 13.3. The van der Waals surface area contributed by atoms with Gasteiger partial charge >= 0.3 is 6.18 Å². The van der Waals surface area contributed by atoms with E-state index in [1.165, 1.54) is 12.1 Å². The second-order valence-corrected chi connectivity index (χ2v) is 4.12. The van der Waals surface area contributed by atoms with Crippen LogP contribution >= 0.6 is 15.9 Å². The number of nitrogens with two attached hydrogens (primary N) is 1. The molecule has 0 radical (unpaired) electrons. The van der Waals surface area contributed by atoms with E-state index in [1.54, 1.807) is 0 Å². The van der Waals surface area contributed by atoms with E-state index in [0.717, 1.165) is 6.07 Å². The molecule has 1 aromatic rings. The van der Waals surface area contributed by atoms with Crippen LogP contribution in [0.3, 0.4) is 0 Å². The molecule has 7 heteroatoms. The van der Waals surface area contributed by atoms with Crippen molar-refractivity contribution in [1.82, 2.24) is 5.43 Å². The third kappa shape index (κ3) is 3.73. The Labute approximate surface area is 97.9 Å². The van der Waals surface area contributed by atoms with Crippen molar-refractivity contribution in [2.75, 3.05) is 0 Å². The zero-order valence-corrected chi connectivity index (χ0v) is 9.57. The Morgan fingerprint density at radius 1 is 1.38 bits per heavy atom. The molecule has 16 heavy (non-hydrogen) atoms. The van der Waals surface area contributed by atoms with E-state index < -0.39 is 24.5 Å². The molecule has 0 heterocycles. The van der Waals surface area contributed by atoms with Crippen LogP contribution in [0.4, 0.5) is 17.6 Å². The summed E-state index contributed by atoms with van der Waals surface area (Å²) in [6.45, 7) is 0. The standard InChI is InChI=1S/C9H9BrF4N2/c10-5-1-2-7(11)6(3-5)8(16-15)4-9(12,13)14/h1-3,8,16H,4,15H2. The van der Waals surface area contributed by atoms with Crippen molar-refractivity contribution in [3.05, 3.63) is 34.1 Å². The summed E-state index contributed by atoms with van der Waals surface area (Å²) in [5, 5.41) is 0. The van der Waals surface area contributed by atoms with Gasteiger partial charge in [0.2, 0.25) is 0 Å². The zero-order valence-electron chi connectivity index (χ0n) is 7.98. The molecule has 0 aliphatic rings. The number of hydrazine groups is 1. The molecular formula is C9H9BrF4N2. The molecule has 0 fully saturated rings. The fourth-order valence-corrected chi connectivity index (χ4v) is 1.65. The molecule has 0 amide bonds. The molecule has 1 atom stereocenters.